The third kappa shape index (κ3) is 3.11. The predicted octanol–water partition coefficient (Wildman–Crippen LogP) is -1.45. The quantitative estimate of drug-likeness (QED) is 0.654. The van der Waals surface area contributed by atoms with Gasteiger partial charge in [-0.15, -0.1) is 5.10 Å². The molecule has 0 spiro atoms. The van der Waals surface area contributed by atoms with Crippen molar-refractivity contribution >= 4 is 11.9 Å². The van der Waals surface area contributed by atoms with E-state index in [1.807, 2.05) is 0 Å². The third-order valence-corrected chi connectivity index (χ3v) is 3.00. The largest absolute Gasteiger partial charge is 0.480 e. The molecule has 1 aliphatic rings. The molecule has 9 nitrogen and oxygen atoms in total. The highest BCUT2D eigenvalue weighted by atomic mass is 16.5. The van der Waals surface area contributed by atoms with Crippen molar-refractivity contribution in [1.29, 1.82) is 0 Å². The molecular formula is C11H17N5O4. The van der Waals surface area contributed by atoms with Gasteiger partial charge in [-0.05, 0) is 6.92 Å². The molecule has 0 bridgehead atoms. The van der Waals surface area contributed by atoms with Crippen LogP contribution in [0.5, 0.6) is 0 Å². The van der Waals surface area contributed by atoms with Gasteiger partial charge in [0.2, 0.25) is 0 Å². The number of nitrogens with zero attached hydrogens (tertiary/aromatic N) is 4. The number of hydrogen-bond donors (Lipinski definition) is 2. The minimum absolute atomic E-state index is 0.246. The third-order valence-electron chi connectivity index (χ3n) is 3.00. The van der Waals surface area contributed by atoms with Crippen LogP contribution in [0.25, 0.3) is 0 Å². The number of carbonyl (C=O) groups excluding carboxylic acids is 1. The van der Waals surface area contributed by atoms with Crippen LogP contribution in [0.3, 0.4) is 0 Å². The molecule has 0 unspecified atom stereocenters. The minimum atomic E-state index is -1.03. The zero-order valence-corrected chi connectivity index (χ0v) is 11.2. The van der Waals surface area contributed by atoms with Gasteiger partial charge in [-0.25, -0.2) is 4.79 Å². The Kier molecular flexibility index (Phi) is 4.00. The van der Waals surface area contributed by atoms with Crippen molar-refractivity contribution in [2.75, 3.05) is 26.2 Å². The molecule has 0 aromatic carbocycles. The van der Waals surface area contributed by atoms with Crippen molar-refractivity contribution in [2.24, 2.45) is 5.73 Å². The van der Waals surface area contributed by atoms with Crippen molar-refractivity contribution in [2.45, 2.75) is 19.1 Å². The molecule has 3 N–H and O–H groups in total. The minimum Gasteiger partial charge on any atom is -0.480 e. The highest BCUT2D eigenvalue weighted by Gasteiger charge is 2.43. The lowest BCUT2D eigenvalue weighted by atomic mass is 9.96. The fourth-order valence-electron chi connectivity index (χ4n) is 2.03. The van der Waals surface area contributed by atoms with E-state index in [1.165, 1.54) is 4.68 Å². The van der Waals surface area contributed by atoms with Crippen LogP contribution in [0.2, 0.25) is 0 Å². The first-order valence-electron chi connectivity index (χ1n) is 6.19. The Hall–Kier alpha value is -2.00. The number of carbonyl (C=O) groups is 2. The van der Waals surface area contributed by atoms with Gasteiger partial charge < -0.3 is 20.5 Å². The van der Waals surface area contributed by atoms with E-state index in [2.05, 4.69) is 10.3 Å². The summed E-state index contributed by atoms with van der Waals surface area (Å²) in [5.41, 5.74) is 5.03. The van der Waals surface area contributed by atoms with Gasteiger partial charge in [0.05, 0.1) is 25.8 Å². The molecule has 1 amide bonds. The number of carboxylic acids is 1. The summed E-state index contributed by atoms with van der Waals surface area (Å²) in [5, 5.41) is 16.2. The van der Waals surface area contributed by atoms with Crippen LogP contribution in [0.1, 0.15) is 17.4 Å². The number of carboxylic acid groups (broad SMARTS) is 1. The van der Waals surface area contributed by atoms with E-state index in [4.69, 9.17) is 15.6 Å². The second-order valence-electron chi connectivity index (χ2n) is 4.95. The smallest absolute Gasteiger partial charge is 0.329 e. The van der Waals surface area contributed by atoms with Gasteiger partial charge in [-0.3, -0.25) is 9.48 Å². The van der Waals surface area contributed by atoms with Crippen LogP contribution >= 0.6 is 0 Å². The maximum Gasteiger partial charge on any atom is 0.329 e. The van der Waals surface area contributed by atoms with Crippen molar-refractivity contribution < 1.29 is 19.4 Å². The maximum atomic E-state index is 12.1. The molecule has 0 radical (unpaired) electrons. The molecule has 1 aromatic heterocycles. The summed E-state index contributed by atoms with van der Waals surface area (Å²) in [6.07, 6.45) is 1.54. The number of amides is 1. The Bertz CT molecular complexity index is 509. The first-order valence-corrected chi connectivity index (χ1v) is 6.19. The number of ether oxygens (including phenoxy) is 1. The SMILES string of the molecule is CC1(OCC(=O)O)CN(C(=O)c2cn(CCN)nn2)C1. The van der Waals surface area contributed by atoms with Crippen LogP contribution in [0.4, 0.5) is 0 Å². The van der Waals surface area contributed by atoms with Gasteiger partial charge in [0.1, 0.15) is 12.2 Å². The monoisotopic (exact) mass is 283 g/mol. The van der Waals surface area contributed by atoms with E-state index >= 15 is 0 Å². The van der Waals surface area contributed by atoms with E-state index in [9.17, 15) is 9.59 Å². The van der Waals surface area contributed by atoms with Crippen LogP contribution in [-0.4, -0.2) is 68.7 Å². The highest BCUT2D eigenvalue weighted by Crippen LogP contribution is 2.25. The Balaban J connectivity index is 1.87. The summed E-state index contributed by atoms with van der Waals surface area (Å²) in [5.74, 6) is -1.27. The lowest BCUT2D eigenvalue weighted by Crippen LogP contribution is -2.63. The molecule has 0 aliphatic carbocycles. The van der Waals surface area contributed by atoms with Crippen molar-refractivity contribution in [3.63, 3.8) is 0 Å². The van der Waals surface area contributed by atoms with Crippen molar-refractivity contribution in [3.8, 4) is 0 Å². The summed E-state index contributed by atoms with van der Waals surface area (Å²) < 4.78 is 6.74. The predicted molar refractivity (Wildman–Crippen MR) is 67.0 cm³/mol. The van der Waals surface area contributed by atoms with Crippen molar-refractivity contribution in [1.82, 2.24) is 19.9 Å². The molecule has 0 atom stereocenters. The van der Waals surface area contributed by atoms with E-state index in [0.717, 1.165) is 0 Å². The van der Waals surface area contributed by atoms with Gasteiger partial charge in [-0.2, -0.15) is 0 Å². The highest BCUT2D eigenvalue weighted by molar-refractivity contribution is 5.92. The Labute approximate surface area is 115 Å². The molecule has 2 heterocycles. The normalized spacial score (nSPS) is 16.8. The summed E-state index contributed by atoms with van der Waals surface area (Å²) >= 11 is 0. The fourth-order valence-corrected chi connectivity index (χ4v) is 2.03. The average Bonchev–Trinajstić information content (AvgIpc) is 2.81. The number of likely N-dealkylation sites (tertiary alicyclic amines) is 1. The number of hydrogen-bond acceptors (Lipinski definition) is 6. The molecule has 1 fully saturated rings. The average molecular weight is 283 g/mol. The molecule has 1 aromatic rings. The zero-order chi connectivity index (χ0) is 14.8. The second-order valence-corrected chi connectivity index (χ2v) is 4.95. The zero-order valence-electron chi connectivity index (χ0n) is 11.2. The number of aromatic nitrogens is 3. The van der Waals surface area contributed by atoms with Crippen LogP contribution in [0.15, 0.2) is 6.20 Å². The van der Waals surface area contributed by atoms with Crippen LogP contribution < -0.4 is 5.73 Å². The van der Waals surface area contributed by atoms with Gasteiger partial charge in [0, 0.05) is 6.54 Å². The van der Waals surface area contributed by atoms with Crippen molar-refractivity contribution in [3.05, 3.63) is 11.9 Å². The molecule has 20 heavy (non-hydrogen) atoms. The molecule has 9 heteroatoms. The van der Waals surface area contributed by atoms with E-state index < -0.39 is 11.6 Å². The number of nitrogens with two attached hydrogens (primary N) is 1. The topological polar surface area (TPSA) is 124 Å². The summed E-state index contributed by atoms with van der Waals surface area (Å²) in [4.78, 5) is 24.1. The van der Waals surface area contributed by atoms with E-state index in [-0.39, 0.29) is 18.2 Å². The standard InChI is InChI=1S/C11H17N5O4/c1-11(20-5-9(17)18)6-15(7-11)10(19)8-4-16(3-2-12)14-13-8/h4H,2-3,5-7,12H2,1H3,(H,17,18). The molecule has 0 saturated carbocycles. The molecule has 1 aliphatic heterocycles. The van der Waals surface area contributed by atoms with Gasteiger partial charge >= 0.3 is 5.97 Å². The van der Waals surface area contributed by atoms with Crippen LogP contribution in [-0.2, 0) is 16.1 Å². The number of aliphatic carboxylic acids is 1. The Morgan fingerprint density at radius 3 is 2.85 bits per heavy atom. The van der Waals surface area contributed by atoms with Gasteiger partial charge in [0.25, 0.3) is 5.91 Å². The van der Waals surface area contributed by atoms with Gasteiger partial charge in [-0.1, -0.05) is 5.21 Å². The molecule has 1 saturated heterocycles. The Morgan fingerprint density at radius 2 is 2.25 bits per heavy atom. The maximum absolute atomic E-state index is 12.1. The van der Waals surface area contributed by atoms with E-state index in [1.54, 1.807) is 18.0 Å². The lowest BCUT2D eigenvalue weighted by molar-refractivity contribution is -0.159. The van der Waals surface area contributed by atoms with Crippen LogP contribution in [0, 0.1) is 0 Å². The summed E-state index contributed by atoms with van der Waals surface area (Å²) in [7, 11) is 0. The first-order chi connectivity index (χ1) is 9.43. The Morgan fingerprint density at radius 1 is 1.55 bits per heavy atom. The lowest BCUT2D eigenvalue weighted by Gasteiger charge is -2.46. The molecular weight excluding hydrogens is 266 g/mol. The van der Waals surface area contributed by atoms with E-state index in [0.29, 0.717) is 26.2 Å². The molecule has 110 valence electrons. The van der Waals surface area contributed by atoms with Gasteiger partial charge in [0.15, 0.2) is 5.69 Å². The number of rotatable bonds is 6. The summed E-state index contributed by atoms with van der Waals surface area (Å²) in [6, 6.07) is 0. The molecule has 2 rings (SSSR count). The first kappa shape index (κ1) is 14.4. The fraction of sp³-hybridized carbons (Fsp3) is 0.636. The second kappa shape index (κ2) is 5.55. The summed E-state index contributed by atoms with van der Waals surface area (Å²) in [6.45, 7) is 2.99.